The van der Waals surface area contributed by atoms with Gasteiger partial charge in [0.15, 0.2) is 26.2 Å². The Morgan fingerprint density at radius 1 is 0.548 bits per heavy atom. The van der Waals surface area contributed by atoms with Gasteiger partial charge in [0.1, 0.15) is 12.2 Å². The number of pyridine rings is 1. The number of Topliss-reactive ketones (excluding diaryl/α,β-unsaturated/α-hetero) is 1. The minimum atomic E-state index is -4.48. The van der Waals surface area contributed by atoms with E-state index in [1.807, 2.05) is 118 Å². The maximum atomic E-state index is 13.7. The van der Waals surface area contributed by atoms with Gasteiger partial charge in [0, 0.05) is 43.0 Å². The van der Waals surface area contributed by atoms with Crippen molar-refractivity contribution < 1.29 is 89.4 Å². The number of rotatable bonds is 37. The molecule has 0 saturated carbocycles. The van der Waals surface area contributed by atoms with Crippen LogP contribution in [0.4, 0.5) is 13.2 Å². The van der Waals surface area contributed by atoms with E-state index in [0.29, 0.717) is 80.5 Å². The average Bonchev–Trinajstić information content (AvgIpc) is 1.75. The van der Waals surface area contributed by atoms with E-state index in [1.54, 1.807) is 82.5 Å². The maximum absolute atomic E-state index is 13.7. The van der Waals surface area contributed by atoms with Crippen LogP contribution in [-0.4, -0.2) is 161 Å². The summed E-state index contributed by atoms with van der Waals surface area (Å²) < 4.78 is 83.5. The van der Waals surface area contributed by atoms with Gasteiger partial charge in [-0.1, -0.05) is 145 Å². The predicted octanol–water partition coefficient (Wildman–Crippen LogP) is 18.4. The molecule has 0 atom stereocenters. The summed E-state index contributed by atoms with van der Waals surface area (Å²) in [6.45, 7) is 40.1. The summed E-state index contributed by atoms with van der Waals surface area (Å²) in [6.07, 6.45) is 10.1. The van der Waals surface area contributed by atoms with Crippen molar-refractivity contribution in [2.45, 2.75) is 225 Å². The number of halogens is 5. The molecule has 2 aliphatic heterocycles. The molecule has 3 aromatic carbocycles. The molecule has 0 aliphatic carbocycles. The van der Waals surface area contributed by atoms with Crippen molar-refractivity contribution in [1.29, 1.82) is 0 Å². The number of alkyl halides is 5. The fraction of sp³-hybridized carbons (Fsp3) is 0.564. The summed E-state index contributed by atoms with van der Waals surface area (Å²) in [7, 11) is 9.60. The third-order valence-corrected chi connectivity index (χ3v) is 35.3. The largest absolute Gasteiger partial charge is 0.493 e. The first kappa shape index (κ1) is 115. The Bertz CT molecular complexity index is 4200. The van der Waals surface area contributed by atoms with Crippen molar-refractivity contribution in [3.63, 3.8) is 0 Å². The van der Waals surface area contributed by atoms with E-state index in [-0.39, 0.29) is 76.7 Å². The van der Waals surface area contributed by atoms with Gasteiger partial charge in [0.25, 0.3) is 17.7 Å². The number of nitrogens with one attached hydrogen (secondary N) is 5. The van der Waals surface area contributed by atoms with Crippen LogP contribution in [0.15, 0.2) is 98.9 Å². The molecule has 0 spiro atoms. The number of carbonyl (C=O) groups excluding carboxylic acids is 8. The monoisotopic (exact) mass is 1970 g/mol. The number of aromatic nitrogens is 1. The first-order valence-corrected chi connectivity index (χ1v) is 51.5. The Kier molecular flexibility index (Phi) is 58.5. The minimum absolute atomic E-state index is 0.0127. The average molecular weight is 1970 g/mol. The number of amides is 5. The van der Waals surface area contributed by atoms with Crippen LogP contribution < -0.4 is 55.2 Å². The fourth-order valence-electron chi connectivity index (χ4n) is 11.5. The summed E-state index contributed by atoms with van der Waals surface area (Å²) in [5.41, 5.74) is 9.26. The normalized spacial score (nSPS) is 12.5. The molecule has 0 fully saturated rings. The number of unbranched alkanes of at least 4 members (excludes halogenated alkanes) is 3. The van der Waals surface area contributed by atoms with Crippen LogP contribution in [0.5, 0.6) is 34.5 Å². The second-order valence-electron chi connectivity index (χ2n) is 31.1. The Morgan fingerprint density at radius 2 is 0.984 bits per heavy atom. The van der Waals surface area contributed by atoms with Gasteiger partial charge < -0.3 is 39.1 Å². The van der Waals surface area contributed by atoms with Crippen LogP contribution in [0.2, 0.25) is 13.3 Å². The second kappa shape index (κ2) is 63.1. The summed E-state index contributed by atoms with van der Waals surface area (Å²) >= 11 is 3.70. The van der Waals surface area contributed by atoms with E-state index < -0.39 is 51.2 Å². The second-order valence-corrected chi connectivity index (χ2v) is 47.6. The molecule has 3 heterocycles. The standard InChI is InChI=1S/C22H25F3N2O3.C16H22NO3.C16H21NO3.C8H14O3.C8H12O2.C6H8Br2N2O.C6H10N2O.3C4H9.Sn/c1-14(2)11-17(18-7-6-16(13-27-18)22(23,24)25)21(28)26-10-9-15-5-8-19(29-3)20(12-15)30-4;2*1-12(2)5-8-16(18)17-10-9-13-6-7-14(19-3)15(11-13)20-4;1-4-11-8(10)5-7(9)6(2)3;1-4-10-8(9)6-5-7(2)3;1-3(2)4-6(7,8)5(11)10-9-4;1-4(2)5-3-6(9)8-7-5;3*1-3-4-2;/h5-8,11-14H,9-10H2,1-4H3,(H,26,28);5-7,11-12H,9-10H2,1-4H3,(H,17,18);6-7,11-12H,9-10H2,1-4H3,(H,17,18);6H,4-5H2,1-3H3;7H,4H2,1-3H3;3H,1-2H3,(H,10,11);4H,3H2,1-2H3,(H,8,9);3*1,3-4H2,2H3;/b17-11-;;;;;;;;;;. The Hall–Kier alpha value is -8.94. The van der Waals surface area contributed by atoms with E-state index in [2.05, 4.69) is 148 Å². The van der Waals surface area contributed by atoms with Crippen LogP contribution in [0.3, 0.4) is 0 Å². The third kappa shape index (κ3) is 46.3. The van der Waals surface area contributed by atoms with Gasteiger partial charge in [-0.2, -0.15) is 23.4 Å². The molecule has 124 heavy (non-hydrogen) atoms. The molecule has 5 N–H and O–H groups in total. The van der Waals surface area contributed by atoms with E-state index in [1.165, 1.54) is 61.5 Å². The van der Waals surface area contributed by atoms with E-state index >= 15 is 0 Å². The number of benzene rings is 3. The van der Waals surface area contributed by atoms with Crippen LogP contribution in [-0.2, 0) is 73.3 Å². The molecule has 6 rings (SSSR count). The molecular weight excluding hydrogens is 1830 g/mol. The topological polar surface area (TPSA) is 308 Å². The van der Waals surface area contributed by atoms with E-state index in [9.17, 15) is 51.5 Å². The van der Waals surface area contributed by atoms with Crippen molar-refractivity contribution in [2.24, 2.45) is 51.6 Å². The van der Waals surface area contributed by atoms with Crippen molar-refractivity contribution in [1.82, 2.24) is 31.8 Å². The zero-order valence-corrected chi connectivity index (χ0v) is 83.8. The van der Waals surface area contributed by atoms with Crippen molar-refractivity contribution in [2.75, 3.05) is 75.5 Å². The van der Waals surface area contributed by atoms with Crippen LogP contribution in [0.25, 0.3) is 5.57 Å². The molecular formula is C94H139Br2F3N8O16Sn. The van der Waals surface area contributed by atoms with E-state index in [0.717, 1.165) is 64.7 Å². The third-order valence-electron chi connectivity index (χ3n) is 18.1. The number of hydrazone groups is 2. The first-order valence-electron chi connectivity index (χ1n) is 42.4. The summed E-state index contributed by atoms with van der Waals surface area (Å²) in [5.74, 6) is 14.4. The van der Waals surface area contributed by atoms with Gasteiger partial charge in [-0.25, -0.2) is 15.6 Å². The van der Waals surface area contributed by atoms with Gasteiger partial charge in [-0.3, -0.25) is 33.8 Å². The zero-order chi connectivity index (χ0) is 94.3. The minimum Gasteiger partial charge on any atom is -0.493 e. The van der Waals surface area contributed by atoms with Gasteiger partial charge in [-0.05, 0) is 97.9 Å². The number of ether oxygens (including phenoxy) is 8. The molecule has 4 aromatic rings. The predicted molar refractivity (Wildman–Crippen MR) is 498 cm³/mol. The number of esters is 2. The molecule has 30 heteroatoms. The molecule has 0 saturated heterocycles. The number of ketones is 1. The number of nitrogens with zero attached hydrogens (tertiary/aromatic N) is 3. The number of hydrogen-bond donors (Lipinski definition) is 5. The van der Waals surface area contributed by atoms with E-state index in [4.69, 9.17) is 28.4 Å². The summed E-state index contributed by atoms with van der Waals surface area (Å²) in [5, 5.41) is 16.6. The summed E-state index contributed by atoms with van der Waals surface area (Å²) in [4.78, 5) is 95.4. The zero-order valence-electron chi connectivity index (χ0n) is 77.8. The molecule has 5 amide bonds. The van der Waals surface area contributed by atoms with Crippen LogP contribution in [0, 0.1) is 65.1 Å². The fourth-order valence-corrected chi connectivity index (χ4v) is 29.6. The molecule has 0 radical (unpaired) electrons. The molecule has 0 bridgehead atoms. The SMILES string of the molecule is CC(C)C1=NNC(=O)C1.CC(C)C1=NNC(=O)C1(Br)Br.CCC[CH2][Sn]([CH2]CCC)([CH2]CCC)/[C](=C/C(C)C)C(=O)NCCc1ccc(OC)c(OC)c1.CCOC(=O)C#CC(C)C.CCOC(=O)CC(=O)C(C)C.COc1ccc(CCNC(=O)/C(=C\C(C)C)c2ccc(C(F)(F)F)cn2)cc1OC.COc1ccc(CCNC(=O)C#CC(C)C)cc1OC. The van der Waals surface area contributed by atoms with Crippen molar-refractivity contribution >= 4 is 114 Å². The number of allylic oxidation sites excluding steroid dienone is 2. The number of methoxy groups -OCH3 is 6. The smallest absolute Gasteiger partial charge is 0.417 e. The first-order chi connectivity index (χ1) is 58.5. The molecule has 690 valence electrons. The molecule has 1 aromatic heterocycles. The van der Waals surface area contributed by atoms with Gasteiger partial charge in [0.05, 0.1) is 76.3 Å². The van der Waals surface area contributed by atoms with Crippen molar-refractivity contribution in [3.05, 3.63) is 117 Å². The maximum Gasteiger partial charge on any atom is 0.417 e. The number of carbonyl (C=O) groups is 8. The Morgan fingerprint density at radius 3 is 1.31 bits per heavy atom. The van der Waals surface area contributed by atoms with Gasteiger partial charge in [-0.15, -0.1) is 0 Å². The number of hydrogen-bond acceptors (Lipinski definition) is 19. The quantitative estimate of drug-likeness (QED) is 0.00533. The molecule has 2 aliphatic rings. The van der Waals surface area contributed by atoms with Gasteiger partial charge in [0.2, 0.25) is 5.91 Å². The molecule has 24 nitrogen and oxygen atoms in total. The van der Waals surface area contributed by atoms with Gasteiger partial charge >= 0.3 is 226 Å². The summed E-state index contributed by atoms with van der Waals surface area (Å²) in [6, 6.07) is 19.3. The van der Waals surface area contributed by atoms with Crippen molar-refractivity contribution in [3.8, 4) is 58.2 Å². The van der Waals surface area contributed by atoms with Crippen LogP contribution in [0.1, 0.15) is 211 Å². The Labute approximate surface area is 757 Å². The Balaban J connectivity index is 0.00000151. The molecule has 0 unspecified atom stereocenters. The van der Waals surface area contributed by atoms with Crippen LogP contribution >= 0.6 is 31.9 Å².